The smallest absolute Gasteiger partial charge is 0.127 e. The average Bonchev–Trinajstić information content (AvgIpc) is 2.46. The first-order valence-corrected chi connectivity index (χ1v) is 7.10. The summed E-state index contributed by atoms with van der Waals surface area (Å²) in [5, 5.41) is 3.41. The summed E-state index contributed by atoms with van der Waals surface area (Å²) < 4.78 is 14.0. The van der Waals surface area contributed by atoms with Crippen molar-refractivity contribution in [3.8, 4) is 0 Å². The van der Waals surface area contributed by atoms with Crippen LogP contribution in [0.4, 0.5) is 4.39 Å². The molecular weight excluding hydrogens is 251 g/mol. The summed E-state index contributed by atoms with van der Waals surface area (Å²) in [6.45, 7) is 4.99. The molecule has 0 radical (unpaired) electrons. The van der Waals surface area contributed by atoms with E-state index in [0.29, 0.717) is 12.0 Å². The number of aromatic nitrogens is 1. The fourth-order valence-corrected chi connectivity index (χ4v) is 2.20. The van der Waals surface area contributed by atoms with Gasteiger partial charge in [0.15, 0.2) is 0 Å². The van der Waals surface area contributed by atoms with Gasteiger partial charge in [0.2, 0.25) is 0 Å². The minimum Gasteiger partial charge on any atom is -0.310 e. The molecule has 0 saturated heterocycles. The SMILES string of the molecule is CCCNC(Cc1ccc(C)cn1)c1ccccc1F. The summed E-state index contributed by atoms with van der Waals surface area (Å²) in [6, 6.07) is 11.0. The Morgan fingerprint density at radius 3 is 2.65 bits per heavy atom. The third-order valence-electron chi connectivity index (χ3n) is 3.31. The van der Waals surface area contributed by atoms with E-state index in [2.05, 4.69) is 17.2 Å². The van der Waals surface area contributed by atoms with Crippen LogP contribution in [0.3, 0.4) is 0 Å². The number of halogens is 1. The van der Waals surface area contributed by atoms with Crippen LogP contribution >= 0.6 is 0 Å². The summed E-state index contributed by atoms with van der Waals surface area (Å²) in [6.07, 6.45) is 3.57. The molecule has 0 amide bonds. The summed E-state index contributed by atoms with van der Waals surface area (Å²) in [4.78, 5) is 4.42. The molecule has 1 aromatic carbocycles. The van der Waals surface area contributed by atoms with E-state index in [9.17, 15) is 4.39 Å². The lowest BCUT2D eigenvalue weighted by atomic mass is 10.0. The summed E-state index contributed by atoms with van der Waals surface area (Å²) in [5.74, 6) is -0.159. The Balaban J connectivity index is 2.19. The van der Waals surface area contributed by atoms with Crippen LogP contribution in [0, 0.1) is 12.7 Å². The van der Waals surface area contributed by atoms with Crippen LogP contribution in [0.5, 0.6) is 0 Å². The molecule has 0 aliphatic heterocycles. The molecule has 106 valence electrons. The number of benzene rings is 1. The van der Waals surface area contributed by atoms with Crippen LogP contribution < -0.4 is 5.32 Å². The Morgan fingerprint density at radius 1 is 1.20 bits per heavy atom. The van der Waals surface area contributed by atoms with Gasteiger partial charge in [0.05, 0.1) is 0 Å². The van der Waals surface area contributed by atoms with Gasteiger partial charge in [-0.1, -0.05) is 31.2 Å². The molecule has 0 aliphatic carbocycles. The Bertz CT molecular complexity index is 537. The van der Waals surface area contributed by atoms with E-state index in [1.54, 1.807) is 6.07 Å². The number of hydrogen-bond donors (Lipinski definition) is 1. The molecule has 2 nitrogen and oxygen atoms in total. The molecule has 0 saturated carbocycles. The van der Waals surface area contributed by atoms with Crippen molar-refractivity contribution in [3.63, 3.8) is 0 Å². The van der Waals surface area contributed by atoms with E-state index >= 15 is 0 Å². The third kappa shape index (κ3) is 3.87. The summed E-state index contributed by atoms with van der Waals surface area (Å²) in [7, 11) is 0. The van der Waals surface area contributed by atoms with Gasteiger partial charge >= 0.3 is 0 Å². The molecule has 2 rings (SSSR count). The van der Waals surface area contributed by atoms with Crippen LogP contribution in [-0.2, 0) is 6.42 Å². The topological polar surface area (TPSA) is 24.9 Å². The van der Waals surface area contributed by atoms with Gasteiger partial charge < -0.3 is 5.32 Å². The Morgan fingerprint density at radius 2 is 2.00 bits per heavy atom. The predicted molar refractivity (Wildman–Crippen MR) is 80.1 cm³/mol. The van der Waals surface area contributed by atoms with Crippen molar-refractivity contribution in [1.29, 1.82) is 0 Å². The molecule has 1 aromatic heterocycles. The molecule has 0 aliphatic rings. The van der Waals surface area contributed by atoms with Crippen LogP contribution in [0.1, 0.15) is 36.2 Å². The molecule has 0 bridgehead atoms. The first-order valence-electron chi connectivity index (χ1n) is 7.10. The van der Waals surface area contributed by atoms with E-state index in [0.717, 1.165) is 24.2 Å². The Labute approximate surface area is 120 Å². The number of nitrogens with zero attached hydrogens (tertiary/aromatic N) is 1. The number of nitrogens with one attached hydrogen (secondary N) is 1. The van der Waals surface area contributed by atoms with Gasteiger partial charge in [-0.05, 0) is 37.6 Å². The largest absolute Gasteiger partial charge is 0.310 e. The maximum atomic E-state index is 14.0. The van der Waals surface area contributed by atoms with Crippen molar-refractivity contribution < 1.29 is 4.39 Å². The Hall–Kier alpha value is -1.74. The van der Waals surface area contributed by atoms with Crippen molar-refractivity contribution >= 4 is 0 Å². The molecule has 1 unspecified atom stereocenters. The molecule has 1 N–H and O–H groups in total. The zero-order chi connectivity index (χ0) is 14.4. The van der Waals surface area contributed by atoms with Crippen molar-refractivity contribution in [3.05, 3.63) is 65.2 Å². The summed E-state index contributed by atoms with van der Waals surface area (Å²) >= 11 is 0. The van der Waals surface area contributed by atoms with Gasteiger partial charge in [0.1, 0.15) is 5.82 Å². The van der Waals surface area contributed by atoms with Crippen molar-refractivity contribution in [1.82, 2.24) is 10.3 Å². The Kier molecular flexibility index (Phi) is 5.24. The zero-order valence-electron chi connectivity index (χ0n) is 12.1. The minimum atomic E-state index is -0.159. The lowest BCUT2D eigenvalue weighted by Crippen LogP contribution is -2.25. The van der Waals surface area contributed by atoms with Crippen LogP contribution in [-0.4, -0.2) is 11.5 Å². The average molecular weight is 272 g/mol. The summed E-state index contributed by atoms with van der Waals surface area (Å²) in [5.41, 5.74) is 2.83. The highest BCUT2D eigenvalue weighted by molar-refractivity contribution is 5.23. The van der Waals surface area contributed by atoms with Gasteiger partial charge in [0.25, 0.3) is 0 Å². The fourth-order valence-electron chi connectivity index (χ4n) is 2.20. The molecule has 1 heterocycles. The third-order valence-corrected chi connectivity index (χ3v) is 3.31. The first kappa shape index (κ1) is 14.7. The molecule has 0 spiro atoms. The van der Waals surface area contributed by atoms with Gasteiger partial charge in [-0.2, -0.15) is 0 Å². The molecule has 20 heavy (non-hydrogen) atoms. The molecule has 3 heteroatoms. The second-order valence-electron chi connectivity index (χ2n) is 5.06. The number of rotatable bonds is 6. The minimum absolute atomic E-state index is 0.0358. The van der Waals surface area contributed by atoms with E-state index in [-0.39, 0.29) is 11.9 Å². The second kappa shape index (κ2) is 7.15. The standard InChI is InChI=1S/C17H21FN2/c1-3-10-19-17(15-6-4-5-7-16(15)18)11-14-9-8-13(2)12-20-14/h4-9,12,17,19H,3,10-11H2,1-2H3. The van der Waals surface area contributed by atoms with Gasteiger partial charge in [-0.25, -0.2) is 4.39 Å². The molecule has 2 aromatic rings. The van der Waals surface area contributed by atoms with Crippen LogP contribution in [0.15, 0.2) is 42.6 Å². The van der Waals surface area contributed by atoms with Gasteiger partial charge in [-0.15, -0.1) is 0 Å². The fraction of sp³-hybridized carbons (Fsp3) is 0.353. The van der Waals surface area contributed by atoms with E-state index in [4.69, 9.17) is 0 Å². The highest BCUT2D eigenvalue weighted by Gasteiger charge is 2.15. The lowest BCUT2D eigenvalue weighted by Gasteiger charge is -2.19. The monoisotopic (exact) mass is 272 g/mol. The number of aryl methyl sites for hydroxylation is 1. The van der Waals surface area contributed by atoms with Crippen LogP contribution in [0.2, 0.25) is 0 Å². The molecule has 1 atom stereocenters. The first-order chi connectivity index (χ1) is 9.70. The highest BCUT2D eigenvalue weighted by atomic mass is 19.1. The lowest BCUT2D eigenvalue weighted by molar-refractivity contribution is 0.493. The number of hydrogen-bond acceptors (Lipinski definition) is 2. The quantitative estimate of drug-likeness (QED) is 0.865. The van der Waals surface area contributed by atoms with Gasteiger partial charge in [-0.3, -0.25) is 4.98 Å². The predicted octanol–water partition coefficient (Wildman–Crippen LogP) is 3.81. The maximum Gasteiger partial charge on any atom is 0.127 e. The number of pyridine rings is 1. The van der Waals surface area contributed by atoms with E-state index < -0.39 is 0 Å². The van der Waals surface area contributed by atoms with Crippen molar-refractivity contribution in [2.24, 2.45) is 0 Å². The second-order valence-corrected chi connectivity index (χ2v) is 5.06. The normalized spacial score (nSPS) is 12.3. The molecular formula is C17H21FN2. The zero-order valence-corrected chi connectivity index (χ0v) is 12.1. The maximum absolute atomic E-state index is 14.0. The van der Waals surface area contributed by atoms with E-state index in [1.807, 2.05) is 37.4 Å². The van der Waals surface area contributed by atoms with Crippen molar-refractivity contribution in [2.75, 3.05) is 6.54 Å². The van der Waals surface area contributed by atoms with Crippen molar-refractivity contribution in [2.45, 2.75) is 32.7 Å². The van der Waals surface area contributed by atoms with Gasteiger partial charge in [0, 0.05) is 29.9 Å². The van der Waals surface area contributed by atoms with Crippen LogP contribution in [0.25, 0.3) is 0 Å². The molecule has 0 fully saturated rings. The highest BCUT2D eigenvalue weighted by Crippen LogP contribution is 2.20. The van der Waals surface area contributed by atoms with E-state index in [1.165, 1.54) is 6.07 Å².